The van der Waals surface area contributed by atoms with Gasteiger partial charge in [-0.15, -0.1) is 24.0 Å². The zero-order valence-electron chi connectivity index (χ0n) is 18.2. The molecule has 2 N–H and O–H groups in total. The molecule has 7 nitrogen and oxygen atoms in total. The van der Waals surface area contributed by atoms with E-state index in [2.05, 4.69) is 22.5 Å². The van der Waals surface area contributed by atoms with Crippen molar-refractivity contribution < 1.29 is 13.2 Å². The molecular weight excluding hydrogens is 515 g/mol. The lowest BCUT2D eigenvalue weighted by atomic mass is 10.00. The van der Waals surface area contributed by atoms with Crippen LogP contribution in [-0.4, -0.2) is 64.2 Å². The van der Waals surface area contributed by atoms with E-state index in [1.807, 2.05) is 24.0 Å². The van der Waals surface area contributed by atoms with Gasteiger partial charge in [-0.1, -0.05) is 19.1 Å². The maximum Gasteiger partial charge on any atom is 0.224 e. The van der Waals surface area contributed by atoms with Gasteiger partial charge in [0.1, 0.15) is 0 Å². The number of amides is 1. The zero-order valence-corrected chi connectivity index (χ0v) is 21.3. The Kier molecular flexibility index (Phi) is 11.7. The Bertz CT molecular complexity index is 797. The first-order chi connectivity index (χ1) is 13.8. The van der Waals surface area contributed by atoms with Gasteiger partial charge in [0.15, 0.2) is 15.8 Å². The maximum absolute atomic E-state index is 12.4. The van der Waals surface area contributed by atoms with Crippen molar-refractivity contribution in [2.75, 3.05) is 39.0 Å². The van der Waals surface area contributed by atoms with Crippen molar-refractivity contribution in [3.63, 3.8) is 0 Å². The van der Waals surface area contributed by atoms with Gasteiger partial charge in [-0.25, -0.2) is 8.42 Å². The van der Waals surface area contributed by atoms with Gasteiger partial charge >= 0.3 is 0 Å². The fourth-order valence-corrected chi connectivity index (χ4v) is 4.04. The van der Waals surface area contributed by atoms with E-state index in [9.17, 15) is 13.2 Å². The predicted octanol–water partition coefficient (Wildman–Crippen LogP) is 2.45. The molecule has 1 unspecified atom stereocenters. The molecule has 0 aromatic heterocycles. The summed E-state index contributed by atoms with van der Waals surface area (Å²) in [5.74, 6) is 1.46. The monoisotopic (exact) mass is 550 g/mol. The van der Waals surface area contributed by atoms with E-state index < -0.39 is 9.84 Å². The van der Waals surface area contributed by atoms with Crippen LogP contribution in [0.3, 0.4) is 0 Å². The molecule has 170 valence electrons. The number of piperidine rings is 1. The number of benzene rings is 1. The molecule has 1 fully saturated rings. The topological polar surface area (TPSA) is 90.9 Å². The standard InChI is InChI=1S/C21H34N4O3S.HI/c1-4-22-21(24-14-12-20(26)25-15-5-6-17(2)16-25)23-13-11-18-7-9-19(10-8-18)29(3,27)28;/h7-10,17H,4-6,11-16H2,1-3H3,(H2,22,23,24);1H. The Morgan fingerprint density at radius 2 is 1.93 bits per heavy atom. The fourth-order valence-electron chi connectivity index (χ4n) is 3.41. The van der Waals surface area contributed by atoms with Crippen LogP contribution in [0.25, 0.3) is 0 Å². The number of nitrogens with zero attached hydrogens (tertiary/aromatic N) is 2. The number of guanidine groups is 1. The molecule has 1 aromatic carbocycles. The molecule has 1 aromatic rings. The van der Waals surface area contributed by atoms with Gasteiger partial charge in [0.25, 0.3) is 0 Å². The van der Waals surface area contributed by atoms with Crippen LogP contribution in [0.15, 0.2) is 34.2 Å². The summed E-state index contributed by atoms with van der Waals surface area (Å²) in [4.78, 5) is 19.2. The van der Waals surface area contributed by atoms with Gasteiger partial charge in [0, 0.05) is 38.9 Å². The van der Waals surface area contributed by atoms with Crippen molar-refractivity contribution in [2.24, 2.45) is 10.9 Å². The first-order valence-electron chi connectivity index (χ1n) is 10.4. The fraction of sp³-hybridized carbons (Fsp3) is 0.619. The van der Waals surface area contributed by atoms with Crippen molar-refractivity contribution in [1.29, 1.82) is 0 Å². The third-order valence-corrected chi connectivity index (χ3v) is 6.14. The van der Waals surface area contributed by atoms with Gasteiger partial charge < -0.3 is 15.5 Å². The number of carbonyl (C=O) groups is 1. The first-order valence-corrected chi connectivity index (χ1v) is 12.3. The second-order valence-corrected chi connectivity index (χ2v) is 9.71. The number of carbonyl (C=O) groups excluding carboxylic acids is 1. The minimum absolute atomic E-state index is 0. The maximum atomic E-state index is 12.4. The molecule has 1 amide bonds. The third kappa shape index (κ3) is 9.20. The van der Waals surface area contributed by atoms with Crippen LogP contribution in [0.2, 0.25) is 0 Å². The second kappa shape index (κ2) is 13.1. The van der Waals surface area contributed by atoms with Crippen molar-refractivity contribution >= 4 is 45.7 Å². The predicted molar refractivity (Wildman–Crippen MR) is 132 cm³/mol. The van der Waals surface area contributed by atoms with E-state index in [-0.39, 0.29) is 29.9 Å². The van der Waals surface area contributed by atoms with E-state index in [0.29, 0.717) is 36.3 Å². The molecule has 1 saturated heterocycles. The van der Waals surface area contributed by atoms with Crippen LogP contribution in [-0.2, 0) is 21.1 Å². The van der Waals surface area contributed by atoms with Gasteiger partial charge in [0.05, 0.1) is 11.4 Å². The quantitative estimate of drug-likeness (QED) is 0.295. The number of nitrogens with one attached hydrogen (secondary N) is 2. The summed E-state index contributed by atoms with van der Waals surface area (Å²) >= 11 is 0. The molecular formula is C21H35IN4O3S. The van der Waals surface area contributed by atoms with E-state index >= 15 is 0 Å². The van der Waals surface area contributed by atoms with Crippen LogP contribution >= 0.6 is 24.0 Å². The average Bonchev–Trinajstić information content (AvgIpc) is 2.67. The summed E-state index contributed by atoms with van der Waals surface area (Å²) < 4.78 is 23.0. The Hall–Kier alpha value is -1.36. The normalized spacial score (nSPS) is 17.2. The number of hydrogen-bond donors (Lipinski definition) is 2. The number of halogens is 1. The molecule has 0 saturated carbocycles. The molecule has 0 radical (unpaired) electrons. The number of hydrogen-bond acceptors (Lipinski definition) is 4. The molecule has 0 aliphatic carbocycles. The van der Waals surface area contributed by atoms with Crippen molar-refractivity contribution in [2.45, 2.75) is 44.4 Å². The van der Waals surface area contributed by atoms with Crippen LogP contribution in [0.5, 0.6) is 0 Å². The van der Waals surface area contributed by atoms with Gasteiger partial charge in [-0.2, -0.15) is 0 Å². The van der Waals surface area contributed by atoms with Crippen LogP contribution in [0, 0.1) is 5.92 Å². The minimum atomic E-state index is -3.17. The summed E-state index contributed by atoms with van der Waals surface area (Å²) in [6.45, 7) is 7.79. The van der Waals surface area contributed by atoms with Crippen LogP contribution < -0.4 is 10.6 Å². The average molecular weight is 551 g/mol. The highest BCUT2D eigenvalue weighted by Crippen LogP contribution is 2.16. The number of aliphatic imine (C=N–C) groups is 1. The molecule has 1 aliphatic rings. The summed E-state index contributed by atoms with van der Waals surface area (Å²) in [6, 6.07) is 6.94. The minimum Gasteiger partial charge on any atom is -0.357 e. The highest BCUT2D eigenvalue weighted by molar-refractivity contribution is 14.0. The third-order valence-electron chi connectivity index (χ3n) is 5.01. The number of likely N-dealkylation sites (tertiary alicyclic amines) is 1. The molecule has 0 spiro atoms. The molecule has 2 rings (SSSR count). The van der Waals surface area contributed by atoms with E-state index in [1.165, 1.54) is 12.7 Å². The van der Waals surface area contributed by atoms with Crippen LogP contribution in [0.1, 0.15) is 38.7 Å². The Labute approximate surface area is 198 Å². The summed E-state index contributed by atoms with van der Waals surface area (Å²) in [7, 11) is -3.17. The van der Waals surface area contributed by atoms with Gasteiger partial charge in [-0.3, -0.25) is 9.79 Å². The van der Waals surface area contributed by atoms with E-state index in [1.54, 1.807) is 12.1 Å². The smallest absolute Gasteiger partial charge is 0.224 e. The lowest BCUT2D eigenvalue weighted by Gasteiger charge is -2.30. The summed E-state index contributed by atoms with van der Waals surface area (Å²) in [5, 5.41) is 6.46. The zero-order chi connectivity index (χ0) is 21.3. The largest absolute Gasteiger partial charge is 0.357 e. The highest BCUT2D eigenvalue weighted by atomic mass is 127. The Morgan fingerprint density at radius 3 is 2.53 bits per heavy atom. The SMILES string of the molecule is CCNC(=NCCC(=O)N1CCCC(C)C1)NCCc1ccc(S(C)(=O)=O)cc1.I. The number of rotatable bonds is 8. The second-order valence-electron chi connectivity index (χ2n) is 7.69. The molecule has 1 aliphatic heterocycles. The summed E-state index contributed by atoms with van der Waals surface area (Å²) in [6.07, 6.45) is 4.67. The van der Waals surface area contributed by atoms with E-state index in [0.717, 1.165) is 38.0 Å². The number of sulfone groups is 1. The lowest BCUT2D eigenvalue weighted by Crippen LogP contribution is -2.40. The Morgan fingerprint density at radius 1 is 1.23 bits per heavy atom. The van der Waals surface area contributed by atoms with Crippen molar-refractivity contribution in [3.8, 4) is 0 Å². The molecule has 1 atom stereocenters. The Balaban J connectivity index is 0.00000450. The molecule has 30 heavy (non-hydrogen) atoms. The van der Waals surface area contributed by atoms with Gasteiger partial charge in [-0.05, 0) is 49.8 Å². The van der Waals surface area contributed by atoms with Crippen molar-refractivity contribution in [1.82, 2.24) is 15.5 Å². The van der Waals surface area contributed by atoms with Crippen LogP contribution in [0.4, 0.5) is 0 Å². The molecule has 0 bridgehead atoms. The van der Waals surface area contributed by atoms with Crippen molar-refractivity contribution in [3.05, 3.63) is 29.8 Å². The van der Waals surface area contributed by atoms with Gasteiger partial charge in [0.2, 0.25) is 5.91 Å². The lowest BCUT2D eigenvalue weighted by molar-refractivity contribution is -0.132. The molecule has 9 heteroatoms. The summed E-state index contributed by atoms with van der Waals surface area (Å²) in [5.41, 5.74) is 1.05. The molecule has 1 heterocycles. The highest BCUT2D eigenvalue weighted by Gasteiger charge is 2.20. The first kappa shape index (κ1) is 26.7. The van der Waals surface area contributed by atoms with E-state index in [4.69, 9.17) is 0 Å².